The third kappa shape index (κ3) is 1.62. The quantitative estimate of drug-likeness (QED) is 0.767. The molecule has 0 amide bonds. The molecule has 0 aliphatic rings. The number of halogens is 1. The van der Waals surface area contributed by atoms with Crippen molar-refractivity contribution in [1.29, 1.82) is 0 Å². The number of oxazole rings is 1. The van der Waals surface area contributed by atoms with Gasteiger partial charge in [-0.05, 0) is 34.5 Å². The minimum atomic E-state index is 0.551. The van der Waals surface area contributed by atoms with Crippen molar-refractivity contribution in [1.82, 2.24) is 9.97 Å². The summed E-state index contributed by atoms with van der Waals surface area (Å²) in [6.45, 7) is 2.00. The summed E-state index contributed by atoms with van der Waals surface area (Å²) in [6.07, 6.45) is 4.89. The predicted molar refractivity (Wildman–Crippen MR) is 52.2 cm³/mol. The van der Waals surface area contributed by atoms with Gasteiger partial charge in [0.15, 0.2) is 0 Å². The average Bonchev–Trinajstić information content (AvgIpc) is 2.62. The molecule has 4 heteroatoms. The van der Waals surface area contributed by atoms with E-state index < -0.39 is 0 Å². The highest BCUT2D eigenvalue weighted by Gasteiger charge is 2.04. The summed E-state index contributed by atoms with van der Waals surface area (Å²) in [5, 5.41) is 0. The third-order valence-electron chi connectivity index (χ3n) is 1.70. The maximum Gasteiger partial charge on any atom is 0.244 e. The molecule has 0 saturated carbocycles. The van der Waals surface area contributed by atoms with E-state index in [1.54, 1.807) is 12.4 Å². The van der Waals surface area contributed by atoms with Crippen LogP contribution in [-0.4, -0.2) is 9.97 Å². The molecular weight excluding hydrogens is 232 g/mol. The van der Waals surface area contributed by atoms with E-state index in [4.69, 9.17) is 4.42 Å². The number of rotatable bonds is 1. The Morgan fingerprint density at radius 3 is 2.85 bits per heavy atom. The molecule has 3 nitrogen and oxygen atoms in total. The summed E-state index contributed by atoms with van der Waals surface area (Å²) in [4.78, 5) is 8.19. The number of pyridine rings is 1. The van der Waals surface area contributed by atoms with E-state index in [9.17, 15) is 0 Å². The Balaban J connectivity index is 2.49. The van der Waals surface area contributed by atoms with Crippen LogP contribution >= 0.6 is 15.9 Å². The summed E-state index contributed by atoms with van der Waals surface area (Å²) in [5.41, 5.74) is 1.87. The maximum absolute atomic E-state index is 5.13. The first kappa shape index (κ1) is 8.44. The van der Waals surface area contributed by atoms with E-state index in [0.717, 1.165) is 15.7 Å². The summed E-state index contributed by atoms with van der Waals surface area (Å²) in [5.74, 6) is 0.551. The second-order valence-corrected chi connectivity index (χ2v) is 3.51. The molecular formula is C9H7BrN2O. The molecule has 2 aromatic heterocycles. The fourth-order valence-electron chi connectivity index (χ4n) is 1.01. The summed E-state index contributed by atoms with van der Waals surface area (Å²) in [7, 11) is 0. The van der Waals surface area contributed by atoms with Gasteiger partial charge < -0.3 is 4.42 Å². The van der Waals surface area contributed by atoms with Crippen molar-refractivity contribution < 1.29 is 4.42 Å². The molecule has 2 aromatic rings. The Kier molecular flexibility index (Phi) is 2.14. The molecule has 0 aliphatic carbocycles. The molecule has 0 saturated heterocycles. The molecule has 0 radical (unpaired) electrons. The molecule has 0 atom stereocenters. The van der Waals surface area contributed by atoms with Crippen LogP contribution in [0, 0.1) is 6.92 Å². The van der Waals surface area contributed by atoms with Gasteiger partial charge in [0, 0.05) is 10.7 Å². The molecule has 0 N–H and O–H groups in total. The van der Waals surface area contributed by atoms with Crippen LogP contribution in [0.1, 0.15) is 5.56 Å². The van der Waals surface area contributed by atoms with Crippen LogP contribution in [0.5, 0.6) is 0 Å². The van der Waals surface area contributed by atoms with Crippen molar-refractivity contribution in [3.8, 4) is 11.6 Å². The van der Waals surface area contributed by atoms with E-state index >= 15 is 0 Å². The normalized spacial score (nSPS) is 10.3. The highest BCUT2D eigenvalue weighted by atomic mass is 79.9. The Labute approximate surface area is 84.0 Å². The van der Waals surface area contributed by atoms with Gasteiger partial charge in [0.2, 0.25) is 5.89 Å². The van der Waals surface area contributed by atoms with Gasteiger partial charge >= 0.3 is 0 Å². The number of hydrogen-bond acceptors (Lipinski definition) is 3. The minimum absolute atomic E-state index is 0.551. The lowest BCUT2D eigenvalue weighted by molar-refractivity contribution is 0.572. The van der Waals surface area contributed by atoms with Crippen LogP contribution in [0.3, 0.4) is 0 Å². The SMILES string of the molecule is Cc1cc(-c2ncco2)ncc1Br. The van der Waals surface area contributed by atoms with Crippen LogP contribution in [0.2, 0.25) is 0 Å². The highest BCUT2D eigenvalue weighted by Crippen LogP contribution is 2.20. The zero-order chi connectivity index (χ0) is 9.26. The van der Waals surface area contributed by atoms with Gasteiger partial charge in [-0.15, -0.1) is 0 Å². The van der Waals surface area contributed by atoms with Crippen LogP contribution in [0.4, 0.5) is 0 Å². The number of nitrogens with zero attached hydrogens (tertiary/aromatic N) is 2. The van der Waals surface area contributed by atoms with Crippen molar-refractivity contribution in [3.05, 3.63) is 34.8 Å². The molecule has 0 unspecified atom stereocenters. The van der Waals surface area contributed by atoms with E-state index in [-0.39, 0.29) is 0 Å². The van der Waals surface area contributed by atoms with E-state index in [0.29, 0.717) is 5.89 Å². The lowest BCUT2D eigenvalue weighted by Gasteiger charge is -1.98. The van der Waals surface area contributed by atoms with Crippen LogP contribution in [0.25, 0.3) is 11.6 Å². The van der Waals surface area contributed by atoms with Crippen LogP contribution in [-0.2, 0) is 0 Å². The van der Waals surface area contributed by atoms with Crippen LogP contribution in [0.15, 0.2) is 33.6 Å². The Morgan fingerprint density at radius 2 is 2.23 bits per heavy atom. The summed E-state index contributed by atoms with van der Waals surface area (Å²) >= 11 is 3.38. The van der Waals surface area contributed by atoms with Gasteiger partial charge in [-0.3, -0.25) is 0 Å². The van der Waals surface area contributed by atoms with Crippen molar-refractivity contribution in [2.45, 2.75) is 6.92 Å². The Bertz CT molecular complexity index is 412. The molecule has 2 heterocycles. The van der Waals surface area contributed by atoms with Crippen molar-refractivity contribution in [3.63, 3.8) is 0 Å². The van der Waals surface area contributed by atoms with Crippen molar-refractivity contribution in [2.24, 2.45) is 0 Å². The van der Waals surface area contributed by atoms with E-state index in [1.807, 2.05) is 13.0 Å². The standard InChI is InChI=1S/C9H7BrN2O/c1-6-4-8(12-5-7(6)10)9-11-2-3-13-9/h2-5H,1H3. The first-order valence-electron chi connectivity index (χ1n) is 3.79. The molecule has 66 valence electrons. The molecule has 0 aromatic carbocycles. The fourth-order valence-corrected chi connectivity index (χ4v) is 1.22. The summed E-state index contributed by atoms with van der Waals surface area (Å²) in [6, 6.07) is 1.93. The molecule has 13 heavy (non-hydrogen) atoms. The first-order valence-corrected chi connectivity index (χ1v) is 4.58. The summed E-state index contributed by atoms with van der Waals surface area (Å²) < 4.78 is 6.11. The average molecular weight is 239 g/mol. The monoisotopic (exact) mass is 238 g/mol. The number of hydrogen-bond donors (Lipinski definition) is 0. The second kappa shape index (κ2) is 3.30. The molecule has 0 fully saturated rings. The molecule has 2 rings (SSSR count). The van der Waals surface area contributed by atoms with Crippen LogP contribution < -0.4 is 0 Å². The van der Waals surface area contributed by atoms with Crippen molar-refractivity contribution in [2.75, 3.05) is 0 Å². The lowest BCUT2D eigenvalue weighted by Crippen LogP contribution is -1.85. The van der Waals surface area contributed by atoms with E-state index in [1.165, 1.54) is 6.26 Å². The second-order valence-electron chi connectivity index (χ2n) is 2.66. The first-order chi connectivity index (χ1) is 6.27. The minimum Gasteiger partial charge on any atom is -0.443 e. The third-order valence-corrected chi connectivity index (χ3v) is 2.53. The largest absolute Gasteiger partial charge is 0.443 e. The molecule has 0 spiro atoms. The van der Waals surface area contributed by atoms with Gasteiger partial charge in [0.25, 0.3) is 0 Å². The smallest absolute Gasteiger partial charge is 0.244 e. The zero-order valence-corrected chi connectivity index (χ0v) is 8.58. The van der Waals surface area contributed by atoms with Gasteiger partial charge in [-0.25, -0.2) is 9.97 Å². The predicted octanol–water partition coefficient (Wildman–Crippen LogP) is 2.81. The zero-order valence-electron chi connectivity index (χ0n) is 6.99. The highest BCUT2D eigenvalue weighted by molar-refractivity contribution is 9.10. The number of aromatic nitrogens is 2. The Hall–Kier alpha value is -1.16. The maximum atomic E-state index is 5.13. The Morgan fingerprint density at radius 1 is 1.38 bits per heavy atom. The van der Waals surface area contributed by atoms with Gasteiger partial charge in [-0.1, -0.05) is 0 Å². The van der Waals surface area contributed by atoms with Gasteiger partial charge in [0.05, 0.1) is 6.20 Å². The van der Waals surface area contributed by atoms with Gasteiger partial charge in [0.1, 0.15) is 12.0 Å². The molecule has 0 aliphatic heterocycles. The molecule has 0 bridgehead atoms. The van der Waals surface area contributed by atoms with E-state index in [2.05, 4.69) is 25.9 Å². The van der Waals surface area contributed by atoms with Crippen molar-refractivity contribution >= 4 is 15.9 Å². The topological polar surface area (TPSA) is 38.9 Å². The van der Waals surface area contributed by atoms with Gasteiger partial charge in [-0.2, -0.15) is 0 Å². The fraction of sp³-hybridized carbons (Fsp3) is 0.111. The lowest BCUT2D eigenvalue weighted by atomic mass is 10.2. The number of aryl methyl sites for hydroxylation is 1.